The molecule has 1 heterocycles. The Morgan fingerprint density at radius 3 is 2.61 bits per heavy atom. The minimum Gasteiger partial charge on any atom is -0.488 e. The van der Waals surface area contributed by atoms with E-state index in [9.17, 15) is 14.0 Å². The van der Waals surface area contributed by atoms with Crippen LogP contribution in [0, 0.1) is 9.39 Å². The molecule has 0 bridgehead atoms. The fourth-order valence-corrected chi connectivity index (χ4v) is 4.67. The van der Waals surface area contributed by atoms with Crippen LogP contribution >= 0.6 is 46.0 Å². The summed E-state index contributed by atoms with van der Waals surface area (Å²) in [6, 6.07) is 18.4. The first-order chi connectivity index (χ1) is 14.9. The molecule has 0 spiro atoms. The first kappa shape index (κ1) is 21.9. The van der Waals surface area contributed by atoms with E-state index in [1.165, 1.54) is 6.07 Å². The van der Waals surface area contributed by atoms with Gasteiger partial charge < -0.3 is 4.74 Å². The van der Waals surface area contributed by atoms with Crippen LogP contribution in [-0.2, 0) is 11.4 Å². The van der Waals surface area contributed by atoms with Crippen molar-refractivity contribution in [3.8, 4) is 5.75 Å². The molecule has 0 unspecified atom stereocenters. The van der Waals surface area contributed by atoms with Crippen molar-refractivity contribution in [2.75, 3.05) is 4.90 Å². The van der Waals surface area contributed by atoms with Gasteiger partial charge in [0.15, 0.2) is 0 Å². The van der Waals surface area contributed by atoms with E-state index in [1.54, 1.807) is 60.7 Å². The number of amides is 2. The van der Waals surface area contributed by atoms with Crippen molar-refractivity contribution in [1.29, 1.82) is 0 Å². The Bertz CT molecular complexity index is 1220. The van der Waals surface area contributed by atoms with E-state index < -0.39 is 5.91 Å². The van der Waals surface area contributed by atoms with Gasteiger partial charge in [0.25, 0.3) is 11.1 Å². The largest absolute Gasteiger partial charge is 0.488 e. The van der Waals surface area contributed by atoms with Gasteiger partial charge in [-0.05, 0) is 82.4 Å². The van der Waals surface area contributed by atoms with E-state index >= 15 is 0 Å². The van der Waals surface area contributed by atoms with Crippen molar-refractivity contribution in [2.24, 2.45) is 0 Å². The number of imide groups is 1. The highest BCUT2D eigenvalue weighted by Crippen LogP contribution is 2.37. The van der Waals surface area contributed by atoms with Crippen molar-refractivity contribution in [3.63, 3.8) is 0 Å². The van der Waals surface area contributed by atoms with Crippen molar-refractivity contribution in [1.82, 2.24) is 0 Å². The molecule has 1 aliphatic rings. The molecule has 1 saturated heterocycles. The number of halogens is 3. The molecule has 4 rings (SSSR count). The maximum absolute atomic E-state index is 13.8. The average molecular weight is 566 g/mol. The van der Waals surface area contributed by atoms with E-state index in [0.717, 1.165) is 25.8 Å². The molecule has 31 heavy (non-hydrogen) atoms. The summed E-state index contributed by atoms with van der Waals surface area (Å²) in [6.45, 7) is 0.112. The Morgan fingerprint density at radius 1 is 1.06 bits per heavy atom. The number of thioether (sulfide) groups is 1. The van der Waals surface area contributed by atoms with Crippen LogP contribution in [0.5, 0.6) is 5.75 Å². The predicted octanol–water partition coefficient (Wildman–Crippen LogP) is 6.90. The predicted molar refractivity (Wildman–Crippen MR) is 130 cm³/mol. The van der Waals surface area contributed by atoms with Crippen LogP contribution in [0.3, 0.4) is 0 Å². The molecular weight excluding hydrogens is 552 g/mol. The molecule has 3 aromatic rings. The molecule has 0 radical (unpaired) electrons. The van der Waals surface area contributed by atoms with Gasteiger partial charge in [-0.25, -0.2) is 9.29 Å². The number of carbonyl (C=O) groups is 2. The van der Waals surface area contributed by atoms with Gasteiger partial charge >= 0.3 is 0 Å². The third-order valence-electron chi connectivity index (χ3n) is 4.45. The SMILES string of the molecule is O=C1S/C(=C/c2ccc(OCc3ccccc3F)c(I)c2)C(=O)N1c1cccc(Cl)c1. The second kappa shape index (κ2) is 9.42. The summed E-state index contributed by atoms with van der Waals surface area (Å²) in [6.07, 6.45) is 1.66. The Labute approximate surface area is 201 Å². The first-order valence-electron chi connectivity index (χ1n) is 9.11. The normalized spacial score (nSPS) is 15.1. The second-order valence-electron chi connectivity index (χ2n) is 6.57. The highest BCUT2D eigenvalue weighted by Gasteiger charge is 2.36. The number of hydrogen-bond donors (Lipinski definition) is 0. The molecule has 8 heteroatoms. The standard InChI is InChI=1S/C23H14ClFINO3S/c24-16-5-3-6-17(12-16)27-22(28)21(31-23(27)29)11-14-8-9-20(19(26)10-14)30-13-15-4-1-2-7-18(15)25/h1-12H,13H2/b21-11+. The molecule has 2 amide bonds. The fourth-order valence-electron chi connectivity index (χ4n) is 2.95. The number of ether oxygens (including phenoxy) is 1. The van der Waals surface area contributed by atoms with Gasteiger partial charge in [-0.1, -0.05) is 41.9 Å². The van der Waals surface area contributed by atoms with Gasteiger partial charge in [0.05, 0.1) is 14.2 Å². The van der Waals surface area contributed by atoms with Crippen molar-refractivity contribution < 1.29 is 18.7 Å². The lowest BCUT2D eigenvalue weighted by molar-refractivity contribution is -0.113. The molecule has 0 atom stereocenters. The number of nitrogens with zero attached hydrogens (tertiary/aromatic N) is 1. The maximum Gasteiger partial charge on any atom is 0.298 e. The van der Waals surface area contributed by atoms with Gasteiger partial charge in [-0.2, -0.15) is 0 Å². The zero-order valence-corrected chi connectivity index (χ0v) is 19.6. The van der Waals surface area contributed by atoms with Crippen molar-refractivity contribution in [2.45, 2.75) is 6.61 Å². The maximum atomic E-state index is 13.8. The van der Waals surface area contributed by atoms with Gasteiger partial charge in [-0.15, -0.1) is 0 Å². The summed E-state index contributed by atoms with van der Waals surface area (Å²) in [5.74, 6) is -0.107. The quantitative estimate of drug-likeness (QED) is 0.249. The number of rotatable bonds is 5. The summed E-state index contributed by atoms with van der Waals surface area (Å²) in [5.41, 5.74) is 1.65. The van der Waals surface area contributed by atoms with E-state index in [-0.39, 0.29) is 17.7 Å². The minimum atomic E-state index is -0.396. The van der Waals surface area contributed by atoms with E-state index in [1.807, 2.05) is 6.07 Å². The summed E-state index contributed by atoms with van der Waals surface area (Å²) in [4.78, 5) is 26.6. The lowest BCUT2D eigenvalue weighted by Gasteiger charge is -2.12. The van der Waals surface area contributed by atoms with E-state index in [2.05, 4.69) is 22.6 Å². The lowest BCUT2D eigenvalue weighted by Crippen LogP contribution is -2.27. The smallest absolute Gasteiger partial charge is 0.298 e. The van der Waals surface area contributed by atoms with Crippen molar-refractivity contribution in [3.05, 3.63) is 97.2 Å². The van der Waals surface area contributed by atoms with Gasteiger partial charge in [0.2, 0.25) is 0 Å². The third kappa shape index (κ3) is 4.94. The fraction of sp³-hybridized carbons (Fsp3) is 0.0435. The zero-order valence-electron chi connectivity index (χ0n) is 15.8. The van der Waals surface area contributed by atoms with Crippen molar-refractivity contribution >= 4 is 68.9 Å². The summed E-state index contributed by atoms with van der Waals surface area (Å²) < 4.78 is 20.3. The molecule has 3 aromatic carbocycles. The Morgan fingerprint density at radius 2 is 1.87 bits per heavy atom. The monoisotopic (exact) mass is 565 g/mol. The Kier molecular flexibility index (Phi) is 6.64. The first-order valence-corrected chi connectivity index (χ1v) is 11.4. The van der Waals surface area contributed by atoms with Crippen LogP contribution in [0.25, 0.3) is 6.08 Å². The average Bonchev–Trinajstić information content (AvgIpc) is 3.01. The van der Waals surface area contributed by atoms with Crippen LogP contribution in [0.15, 0.2) is 71.6 Å². The van der Waals surface area contributed by atoms with Crippen LogP contribution in [0.4, 0.5) is 14.9 Å². The summed E-state index contributed by atoms with van der Waals surface area (Å²) >= 11 is 8.98. The summed E-state index contributed by atoms with van der Waals surface area (Å²) in [7, 11) is 0. The van der Waals surface area contributed by atoms with E-state index in [0.29, 0.717) is 26.9 Å². The molecule has 0 aliphatic carbocycles. The highest BCUT2D eigenvalue weighted by molar-refractivity contribution is 14.1. The zero-order chi connectivity index (χ0) is 22.0. The summed E-state index contributed by atoms with van der Waals surface area (Å²) in [5, 5.41) is 0.0686. The van der Waals surface area contributed by atoms with Crippen LogP contribution in [0.2, 0.25) is 5.02 Å². The van der Waals surface area contributed by atoms with Crippen LogP contribution in [-0.4, -0.2) is 11.1 Å². The Hall–Kier alpha value is -2.36. The number of carbonyl (C=O) groups excluding carboxylic acids is 2. The topological polar surface area (TPSA) is 46.6 Å². The Balaban J connectivity index is 1.51. The van der Waals surface area contributed by atoms with Crippen LogP contribution in [0.1, 0.15) is 11.1 Å². The number of benzene rings is 3. The molecule has 0 aromatic heterocycles. The molecule has 0 saturated carbocycles. The minimum absolute atomic E-state index is 0.112. The highest BCUT2D eigenvalue weighted by atomic mass is 127. The lowest BCUT2D eigenvalue weighted by atomic mass is 10.2. The molecular formula is C23H14ClFINO3S. The molecule has 1 aliphatic heterocycles. The molecule has 1 fully saturated rings. The number of hydrogen-bond acceptors (Lipinski definition) is 4. The molecule has 156 valence electrons. The van der Waals surface area contributed by atoms with Gasteiger partial charge in [0, 0.05) is 10.6 Å². The van der Waals surface area contributed by atoms with Gasteiger partial charge in [-0.3, -0.25) is 9.59 Å². The molecule has 4 nitrogen and oxygen atoms in total. The molecule has 0 N–H and O–H groups in total. The van der Waals surface area contributed by atoms with E-state index in [4.69, 9.17) is 16.3 Å². The third-order valence-corrected chi connectivity index (χ3v) is 6.40. The second-order valence-corrected chi connectivity index (χ2v) is 9.16. The van der Waals surface area contributed by atoms with Gasteiger partial charge in [0.1, 0.15) is 18.2 Å². The number of anilines is 1. The van der Waals surface area contributed by atoms with Crippen LogP contribution < -0.4 is 9.64 Å².